The molecule has 2 aromatic heterocycles. The van der Waals surface area contributed by atoms with E-state index in [1.807, 2.05) is 6.92 Å². The number of carbonyl (C=O) groups excluding carboxylic acids is 2. The van der Waals surface area contributed by atoms with Gasteiger partial charge in [0.2, 0.25) is 17.8 Å². The highest BCUT2D eigenvalue weighted by Crippen LogP contribution is 2.26. The van der Waals surface area contributed by atoms with Crippen molar-refractivity contribution in [1.29, 1.82) is 0 Å². The minimum atomic E-state index is -0.394. The Hall–Kier alpha value is -3.01. The molecule has 2 aromatic rings. The third kappa shape index (κ3) is 3.61. The molecule has 27 heavy (non-hydrogen) atoms. The van der Waals surface area contributed by atoms with Crippen LogP contribution in [-0.4, -0.2) is 55.2 Å². The standard InChI is InChI=1S/C17H21N7O3/c1-2-11(8-25)19-16-22-14-10(5-9-6-13(26)21-15(9)27)7-18-24(14)17(23-16)20-12-3-4-12/h5,7,11-12,25H,2-4,6,8H2,1H3,(H,21,26,27)(H2,19,20,22,23)/b9-5+. The van der Waals surface area contributed by atoms with E-state index >= 15 is 0 Å². The lowest BCUT2D eigenvalue weighted by Crippen LogP contribution is -2.24. The van der Waals surface area contributed by atoms with Gasteiger partial charge in [-0.3, -0.25) is 14.9 Å². The molecule has 142 valence electrons. The van der Waals surface area contributed by atoms with Gasteiger partial charge in [-0.25, -0.2) is 0 Å². The SMILES string of the molecule is CCC(CO)Nc1nc(NC2CC2)n2ncc(/C=C3\CC(=O)NC3=O)c2n1. The van der Waals surface area contributed by atoms with E-state index in [0.29, 0.717) is 34.7 Å². The molecule has 2 amide bonds. The third-order valence-corrected chi connectivity index (χ3v) is 4.58. The molecule has 3 heterocycles. The Kier molecular flexibility index (Phi) is 4.48. The van der Waals surface area contributed by atoms with E-state index in [1.165, 1.54) is 0 Å². The molecule has 1 atom stereocenters. The Bertz CT molecular complexity index is 928. The minimum absolute atomic E-state index is 0.0329. The van der Waals surface area contributed by atoms with Gasteiger partial charge in [0.25, 0.3) is 5.91 Å². The molecule has 4 N–H and O–H groups in total. The highest BCUT2D eigenvalue weighted by molar-refractivity contribution is 6.15. The molecule has 4 rings (SSSR count). The van der Waals surface area contributed by atoms with E-state index in [1.54, 1.807) is 16.8 Å². The first-order valence-electron chi connectivity index (χ1n) is 9.01. The smallest absolute Gasteiger partial charge is 0.254 e. The number of hydrogen-bond donors (Lipinski definition) is 4. The fourth-order valence-electron chi connectivity index (χ4n) is 2.83. The molecule has 10 nitrogen and oxygen atoms in total. The quantitative estimate of drug-likeness (QED) is 0.404. The first-order chi connectivity index (χ1) is 13.1. The molecule has 1 saturated carbocycles. The summed E-state index contributed by atoms with van der Waals surface area (Å²) in [6, 6.07) is 0.198. The first kappa shape index (κ1) is 17.4. The van der Waals surface area contributed by atoms with Crippen molar-refractivity contribution in [2.75, 3.05) is 17.2 Å². The van der Waals surface area contributed by atoms with Gasteiger partial charge in [-0.2, -0.15) is 19.6 Å². The van der Waals surface area contributed by atoms with E-state index in [4.69, 9.17) is 0 Å². The van der Waals surface area contributed by atoms with Gasteiger partial charge in [0, 0.05) is 17.2 Å². The molecule has 10 heteroatoms. The minimum Gasteiger partial charge on any atom is -0.394 e. The molecule has 1 saturated heterocycles. The van der Waals surface area contributed by atoms with Crippen molar-refractivity contribution < 1.29 is 14.7 Å². The van der Waals surface area contributed by atoms with Gasteiger partial charge in [-0.15, -0.1) is 0 Å². The monoisotopic (exact) mass is 371 g/mol. The number of aliphatic hydroxyl groups excluding tert-OH is 1. The summed E-state index contributed by atoms with van der Waals surface area (Å²) in [4.78, 5) is 32.3. The zero-order valence-corrected chi connectivity index (χ0v) is 14.9. The summed E-state index contributed by atoms with van der Waals surface area (Å²) in [7, 11) is 0. The zero-order valence-electron chi connectivity index (χ0n) is 14.9. The van der Waals surface area contributed by atoms with E-state index in [-0.39, 0.29) is 25.0 Å². The third-order valence-electron chi connectivity index (χ3n) is 4.58. The fraction of sp³-hybridized carbons (Fsp3) is 0.471. The van der Waals surface area contributed by atoms with Crippen LogP contribution in [0.1, 0.15) is 38.2 Å². The highest BCUT2D eigenvalue weighted by atomic mass is 16.3. The normalized spacial score (nSPS) is 19.6. The lowest BCUT2D eigenvalue weighted by Gasteiger charge is -2.15. The second-order valence-electron chi connectivity index (χ2n) is 6.78. The number of nitrogens with zero attached hydrogens (tertiary/aromatic N) is 4. The Morgan fingerprint density at radius 2 is 2.22 bits per heavy atom. The molecule has 2 fully saturated rings. The van der Waals surface area contributed by atoms with Crippen LogP contribution < -0.4 is 16.0 Å². The largest absolute Gasteiger partial charge is 0.394 e. The van der Waals surface area contributed by atoms with Gasteiger partial charge in [-0.05, 0) is 25.3 Å². The molecule has 0 radical (unpaired) electrons. The van der Waals surface area contributed by atoms with Crippen LogP contribution in [0.5, 0.6) is 0 Å². The van der Waals surface area contributed by atoms with Crippen molar-refractivity contribution in [3.05, 3.63) is 17.3 Å². The molecule has 1 aliphatic carbocycles. The van der Waals surface area contributed by atoms with Crippen LogP contribution in [0.4, 0.5) is 11.9 Å². The van der Waals surface area contributed by atoms with Crippen molar-refractivity contribution in [3.8, 4) is 0 Å². The number of aliphatic hydroxyl groups is 1. The first-order valence-corrected chi connectivity index (χ1v) is 9.01. The highest BCUT2D eigenvalue weighted by Gasteiger charge is 2.26. The molecule has 0 bridgehead atoms. The van der Waals surface area contributed by atoms with Crippen molar-refractivity contribution >= 4 is 35.4 Å². The predicted molar refractivity (Wildman–Crippen MR) is 98.0 cm³/mol. The number of rotatable bonds is 7. The number of anilines is 2. The van der Waals surface area contributed by atoms with Crippen LogP contribution in [0.25, 0.3) is 11.7 Å². The number of nitrogens with one attached hydrogen (secondary N) is 3. The van der Waals surface area contributed by atoms with Crippen molar-refractivity contribution in [2.24, 2.45) is 0 Å². The molecule has 1 unspecified atom stereocenters. The Morgan fingerprint density at radius 3 is 2.85 bits per heavy atom. The Labute approximate surface area is 155 Å². The zero-order chi connectivity index (χ0) is 19.0. The number of imide groups is 1. The van der Waals surface area contributed by atoms with Crippen molar-refractivity contribution in [1.82, 2.24) is 24.9 Å². The summed E-state index contributed by atoms with van der Waals surface area (Å²) in [5, 5.41) is 22.5. The number of fused-ring (bicyclic) bond motifs is 1. The van der Waals surface area contributed by atoms with E-state index < -0.39 is 5.91 Å². The van der Waals surface area contributed by atoms with Crippen LogP contribution in [0.15, 0.2) is 11.8 Å². The van der Waals surface area contributed by atoms with Crippen LogP contribution in [0.2, 0.25) is 0 Å². The maximum atomic E-state index is 11.8. The van der Waals surface area contributed by atoms with Crippen LogP contribution in [-0.2, 0) is 9.59 Å². The summed E-state index contributed by atoms with van der Waals surface area (Å²) in [6.45, 7) is 1.93. The molecule has 0 spiro atoms. The average molecular weight is 371 g/mol. The second-order valence-corrected chi connectivity index (χ2v) is 6.78. The maximum Gasteiger partial charge on any atom is 0.254 e. The lowest BCUT2D eigenvalue weighted by molar-refractivity contribution is -0.124. The summed E-state index contributed by atoms with van der Waals surface area (Å²) in [5.74, 6) is 0.215. The summed E-state index contributed by atoms with van der Waals surface area (Å²) >= 11 is 0. The summed E-state index contributed by atoms with van der Waals surface area (Å²) in [5.41, 5.74) is 1.51. The second kappa shape index (κ2) is 6.95. The van der Waals surface area contributed by atoms with Crippen LogP contribution >= 0.6 is 0 Å². The molecular weight excluding hydrogens is 350 g/mol. The van der Waals surface area contributed by atoms with Gasteiger partial charge < -0.3 is 15.7 Å². The van der Waals surface area contributed by atoms with Gasteiger partial charge in [0.15, 0.2) is 5.65 Å². The van der Waals surface area contributed by atoms with Crippen LogP contribution in [0, 0.1) is 0 Å². The molecule has 2 aliphatic rings. The van der Waals surface area contributed by atoms with Gasteiger partial charge in [0.1, 0.15) is 0 Å². The Morgan fingerprint density at radius 1 is 1.41 bits per heavy atom. The maximum absolute atomic E-state index is 11.8. The average Bonchev–Trinajstić information content (AvgIpc) is 3.28. The van der Waals surface area contributed by atoms with Crippen molar-refractivity contribution in [2.45, 2.75) is 44.7 Å². The van der Waals surface area contributed by atoms with Crippen molar-refractivity contribution in [3.63, 3.8) is 0 Å². The van der Waals surface area contributed by atoms with Gasteiger partial charge >= 0.3 is 0 Å². The predicted octanol–water partition coefficient (Wildman–Crippen LogP) is 0.311. The van der Waals surface area contributed by atoms with E-state index in [9.17, 15) is 14.7 Å². The lowest BCUT2D eigenvalue weighted by atomic mass is 10.1. The number of aromatic nitrogens is 4. The molecule has 0 aromatic carbocycles. The molecular formula is C17H21N7O3. The number of hydrogen-bond acceptors (Lipinski definition) is 8. The Balaban J connectivity index is 1.75. The van der Waals surface area contributed by atoms with Crippen LogP contribution in [0.3, 0.4) is 0 Å². The summed E-state index contributed by atoms with van der Waals surface area (Å²) in [6.07, 6.45) is 6.13. The van der Waals surface area contributed by atoms with Gasteiger partial charge in [-0.1, -0.05) is 6.92 Å². The number of carbonyl (C=O) groups is 2. The summed E-state index contributed by atoms with van der Waals surface area (Å²) < 4.78 is 1.59. The topological polar surface area (TPSA) is 134 Å². The fourth-order valence-corrected chi connectivity index (χ4v) is 2.83. The van der Waals surface area contributed by atoms with Gasteiger partial charge in [0.05, 0.1) is 25.3 Å². The molecule has 1 aliphatic heterocycles. The van der Waals surface area contributed by atoms with E-state index in [0.717, 1.165) is 19.3 Å². The van der Waals surface area contributed by atoms with E-state index in [2.05, 4.69) is 31.0 Å². The number of amides is 2.